The second kappa shape index (κ2) is 8.52. The normalized spacial score (nSPS) is 9.92. The molecule has 136 valence electrons. The molecule has 2 aromatic rings. The Labute approximate surface area is 149 Å². The summed E-state index contributed by atoms with van der Waals surface area (Å²) in [7, 11) is 1.43. The van der Waals surface area contributed by atoms with Crippen molar-refractivity contribution in [1.82, 2.24) is 0 Å². The molecule has 0 saturated carbocycles. The van der Waals surface area contributed by atoms with Gasteiger partial charge in [0.1, 0.15) is 17.1 Å². The standard InChI is InChI=1S/C18H18N2O6/c1-11(21)19-12-7-8-16(25-2)14(9-12)20-17(23)10-26-18(24)13-5-3-4-6-15(13)22/h3-9,22H,10H2,1-2H3,(H,19,21)(H,20,23). The summed E-state index contributed by atoms with van der Waals surface area (Å²) in [6, 6.07) is 10.6. The van der Waals surface area contributed by atoms with E-state index in [-0.39, 0.29) is 17.2 Å². The predicted molar refractivity (Wildman–Crippen MR) is 94.3 cm³/mol. The van der Waals surface area contributed by atoms with Crippen molar-refractivity contribution in [2.24, 2.45) is 0 Å². The molecule has 26 heavy (non-hydrogen) atoms. The van der Waals surface area contributed by atoms with E-state index in [1.54, 1.807) is 24.3 Å². The highest BCUT2D eigenvalue weighted by Gasteiger charge is 2.15. The lowest BCUT2D eigenvalue weighted by Gasteiger charge is -2.12. The number of methoxy groups -OCH3 is 1. The molecule has 2 aromatic carbocycles. The summed E-state index contributed by atoms with van der Waals surface area (Å²) in [5.74, 6) is -1.55. The molecule has 0 bridgehead atoms. The third kappa shape index (κ3) is 4.97. The number of amides is 2. The van der Waals surface area contributed by atoms with Gasteiger partial charge in [-0.05, 0) is 30.3 Å². The van der Waals surface area contributed by atoms with Crippen LogP contribution < -0.4 is 15.4 Å². The largest absolute Gasteiger partial charge is 0.507 e. The van der Waals surface area contributed by atoms with E-state index in [9.17, 15) is 19.5 Å². The first-order valence-corrected chi connectivity index (χ1v) is 7.61. The lowest BCUT2D eigenvalue weighted by molar-refractivity contribution is -0.119. The number of carbonyl (C=O) groups excluding carboxylic acids is 3. The molecule has 0 aliphatic rings. The van der Waals surface area contributed by atoms with Gasteiger partial charge in [0.2, 0.25) is 5.91 Å². The number of benzene rings is 2. The number of anilines is 2. The van der Waals surface area contributed by atoms with E-state index in [1.165, 1.54) is 32.2 Å². The number of para-hydroxylation sites is 1. The number of phenols is 1. The molecule has 0 aliphatic heterocycles. The number of hydrogen-bond acceptors (Lipinski definition) is 6. The van der Waals surface area contributed by atoms with Crippen molar-refractivity contribution in [2.75, 3.05) is 24.4 Å². The van der Waals surface area contributed by atoms with Crippen molar-refractivity contribution < 1.29 is 29.0 Å². The number of carbonyl (C=O) groups is 3. The Hall–Kier alpha value is -3.55. The quantitative estimate of drug-likeness (QED) is 0.682. The summed E-state index contributed by atoms with van der Waals surface area (Å²) < 4.78 is 10.0. The number of ether oxygens (including phenoxy) is 2. The van der Waals surface area contributed by atoms with E-state index < -0.39 is 18.5 Å². The molecule has 8 nitrogen and oxygen atoms in total. The molecular formula is C18H18N2O6. The molecular weight excluding hydrogens is 340 g/mol. The Morgan fingerprint density at radius 1 is 1.08 bits per heavy atom. The van der Waals surface area contributed by atoms with Crippen molar-refractivity contribution in [3.05, 3.63) is 48.0 Å². The van der Waals surface area contributed by atoms with Crippen LogP contribution in [0.2, 0.25) is 0 Å². The molecule has 0 fully saturated rings. The molecule has 2 amide bonds. The van der Waals surface area contributed by atoms with E-state index in [4.69, 9.17) is 9.47 Å². The van der Waals surface area contributed by atoms with Crippen molar-refractivity contribution in [3.8, 4) is 11.5 Å². The zero-order chi connectivity index (χ0) is 19.1. The first-order chi connectivity index (χ1) is 12.4. The maximum Gasteiger partial charge on any atom is 0.342 e. The summed E-state index contributed by atoms with van der Waals surface area (Å²) in [6.07, 6.45) is 0. The SMILES string of the molecule is COc1ccc(NC(C)=O)cc1NC(=O)COC(=O)c1ccccc1O. The minimum atomic E-state index is -0.822. The van der Waals surface area contributed by atoms with E-state index >= 15 is 0 Å². The van der Waals surface area contributed by atoms with Crippen LogP contribution in [0.25, 0.3) is 0 Å². The third-order valence-electron chi connectivity index (χ3n) is 3.25. The van der Waals surface area contributed by atoms with Crippen molar-refractivity contribution in [3.63, 3.8) is 0 Å². The lowest BCUT2D eigenvalue weighted by Crippen LogP contribution is -2.21. The zero-order valence-electron chi connectivity index (χ0n) is 14.2. The predicted octanol–water partition coefficient (Wildman–Crippen LogP) is 2.15. The Morgan fingerprint density at radius 2 is 1.81 bits per heavy atom. The highest BCUT2D eigenvalue weighted by molar-refractivity contribution is 5.98. The Bertz CT molecular complexity index is 834. The van der Waals surface area contributed by atoms with Crippen LogP contribution in [-0.2, 0) is 14.3 Å². The van der Waals surface area contributed by atoms with Gasteiger partial charge in [0, 0.05) is 12.6 Å². The number of aromatic hydroxyl groups is 1. The maximum absolute atomic E-state index is 12.0. The molecule has 8 heteroatoms. The van der Waals surface area contributed by atoms with Crippen LogP contribution in [-0.4, -0.2) is 36.6 Å². The van der Waals surface area contributed by atoms with Crippen molar-refractivity contribution in [2.45, 2.75) is 6.92 Å². The Kier molecular flexibility index (Phi) is 6.15. The van der Waals surface area contributed by atoms with Crippen LogP contribution in [0, 0.1) is 0 Å². The number of esters is 1. The zero-order valence-corrected chi connectivity index (χ0v) is 14.2. The van der Waals surface area contributed by atoms with Crippen LogP contribution in [0.4, 0.5) is 11.4 Å². The van der Waals surface area contributed by atoms with Crippen LogP contribution in [0.15, 0.2) is 42.5 Å². The average molecular weight is 358 g/mol. The minimum Gasteiger partial charge on any atom is -0.507 e. The van der Waals surface area contributed by atoms with Gasteiger partial charge in [-0.3, -0.25) is 9.59 Å². The van der Waals surface area contributed by atoms with E-state index in [0.29, 0.717) is 17.1 Å². The second-order valence-electron chi connectivity index (χ2n) is 5.24. The number of nitrogens with one attached hydrogen (secondary N) is 2. The van der Waals surface area contributed by atoms with E-state index in [1.807, 2.05) is 0 Å². The van der Waals surface area contributed by atoms with Crippen LogP contribution in [0.1, 0.15) is 17.3 Å². The monoisotopic (exact) mass is 358 g/mol. The average Bonchev–Trinajstić information content (AvgIpc) is 2.60. The molecule has 0 saturated heterocycles. The number of rotatable bonds is 6. The van der Waals surface area contributed by atoms with Gasteiger partial charge in [0.25, 0.3) is 5.91 Å². The molecule has 0 heterocycles. The van der Waals surface area contributed by atoms with Crippen molar-refractivity contribution >= 4 is 29.2 Å². The fourth-order valence-electron chi connectivity index (χ4n) is 2.13. The number of phenolic OH excluding ortho intramolecular Hbond substituents is 1. The summed E-state index contributed by atoms with van der Waals surface area (Å²) in [5, 5.41) is 14.7. The highest BCUT2D eigenvalue weighted by Crippen LogP contribution is 2.27. The van der Waals surface area contributed by atoms with Gasteiger partial charge >= 0.3 is 5.97 Å². The Balaban J connectivity index is 2.02. The first kappa shape index (κ1) is 18.8. The molecule has 0 aliphatic carbocycles. The van der Waals surface area contributed by atoms with Gasteiger partial charge in [0.15, 0.2) is 6.61 Å². The molecule has 0 radical (unpaired) electrons. The minimum absolute atomic E-state index is 0.0365. The van der Waals surface area contributed by atoms with E-state index in [2.05, 4.69) is 10.6 Å². The van der Waals surface area contributed by atoms with Gasteiger partial charge < -0.3 is 25.2 Å². The fourth-order valence-corrected chi connectivity index (χ4v) is 2.13. The van der Waals surface area contributed by atoms with Gasteiger partial charge in [-0.15, -0.1) is 0 Å². The van der Waals surface area contributed by atoms with Crippen molar-refractivity contribution in [1.29, 1.82) is 0 Å². The fraction of sp³-hybridized carbons (Fsp3) is 0.167. The smallest absolute Gasteiger partial charge is 0.342 e. The molecule has 0 unspecified atom stereocenters. The number of hydrogen-bond donors (Lipinski definition) is 3. The molecule has 2 rings (SSSR count). The molecule has 0 spiro atoms. The van der Waals surface area contributed by atoms with Crippen LogP contribution in [0.3, 0.4) is 0 Å². The summed E-state index contributed by atoms with van der Waals surface area (Å²) in [4.78, 5) is 35.1. The summed E-state index contributed by atoms with van der Waals surface area (Å²) >= 11 is 0. The second-order valence-corrected chi connectivity index (χ2v) is 5.24. The first-order valence-electron chi connectivity index (χ1n) is 7.61. The third-order valence-corrected chi connectivity index (χ3v) is 3.25. The summed E-state index contributed by atoms with van der Waals surface area (Å²) in [5.41, 5.74) is 0.743. The van der Waals surface area contributed by atoms with Gasteiger partial charge in [-0.1, -0.05) is 12.1 Å². The summed E-state index contributed by atoms with van der Waals surface area (Å²) in [6.45, 7) is 0.807. The molecule has 3 N–H and O–H groups in total. The van der Waals surface area contributed by atoms with E-state index in [0.717, 1.165) is 0 Å². The molecule has 0 aromatic heterocycles. The Morgan fingerprint density at radius 3 is 2.46 bits per heavy atom. The van der Waals surface area contributed by atoms with Crippen LogP contribution >= 0.6 is 0 Å². The molecule has 0 atom stereocenters. The van der Waals surface area contributed by atoms with Gasteiger partial charge in [-0.2, -0.15) is 0 Å². The van der Waals surface area contributed by atoms with Gasteiger partial charge in [0.05, 0.1) is 12.8 Å². The highest BCUT2D eigenvalue weighted by atomic mass is 16.5. The van der Waals surface area contributed by atoms with Crippen LogP contribution in [0.5, 0.6) is 11.5 Å². The topological polar surface area (TPSA) is 114 Å². The lowest BCUT2D eigenvalue weighted by atomic mass is 10.2. The maximum atomic E-state index is 12.0. The van der Waals surface area contributed by atoms with Gasteiger partial charge in [-0.25, -0.2) is 4.79 Å².